The molecule has 0 saturated heterocycles. The van der Waals surface area contributed by atoms with Gasteiger partial charge in [0.1, 0.15) is 0 Å². The zero-order valence-electron chi connectivity index (χ0n) is 15.8. The summed E-state index contributed by atoms with van der Waals surface area (Å²) in [5.74, 6) is -0.797. The van der Waals surface area contributed by atoms with E-state index in [1.807, 2.05) is 13.8 Å². The fraction of sp³-hybridized carbons (Fsp3) is 0.474. The van der Waals surface area contributed by atoms with Crippen LogP contribution >= 0.6 is 0 Å². The average Bonchev–Trinajstić information content (AvgIpc) is 2.91. The van der Waals surface area contributed by atoms with Gasteiger partial charge < -0.3 is 15.5 Å². The van der Waals surface area contributed by atoms with Crippen LogP contribution in [-0.4, -0.2) is 66.3 Å². The first-order chi connectivity index (χ1) is 13.0. The maximum atomic E-state index is 12.2. The van der Waals surface area contributed by atoms with Crippen LogP contribution in [0.25, 0.3) is 0 Å². The molecule has 8 nitrogen and oxygen atoms in total. The lowest BCUT2D eigenvalue weighted by atomic mass is 10.1. The van der Waals surface area contributed by atoms with Gasteiger partial charge in [-0.25, -0.2) is 4.79 Å². The SMILES string of the molecule is CCN(CC)C(=O)NCCNC(=O)CCCN1C(=O)c2ccccc2C1=O. The molecule has 0 radical (unpaired) electrons. The largest absolute Gasteiger partial charge is 0.354 e. The first kappa shape index (κ1) is 20.4. The van der Waals surface area contributed by atoms with Crippen LogP contribution < -0.4 is 10.6 Å². The second-order valence-electron chi connectivity index (χ2n) is 6.17. The summed E-state index contributed by atoms with van der Waals surface area (Å²) in [4.78, 5) is 50.9. The first-order valence-electron chi connectivity index (χ1n) is 9.24. The second-order valence-corrected chi connectivity index (χ2v) is 6.17. The van der Waals surface area contributed by atoms with E-state index in [4.69, 9.17) is 0 Å². The minimum atomic E-state index is -0.310. The van der Waals surface area contributed by atoms with Gasteiger partial charge in [0.2, 0.25) is 5.91 Å². The monoisotopic (exact) mass is 374 g/mol. The first-order valence-corrected chi connectivity index (χ1v) is 9.24. The van der Waals surface area contributed by atoms with E-state index in [9.17, 15) is 19.2 Å². The number of rotatable bonds is 9. The number of hydrogen-bond donors (Lipinski definition) is 2. The second kappa shape index (κ2) is 9.70. The van der Waals surface area contributed by atoms with E-state index in [2.05, 4.69) is 10.6 Å². The van der Waals surface area contributed by atoms with Crippen molar-refractivity contribution in [3.05, 3.63) is 35.4 Å². The third kappa shape index (κ3) is 5.06. The molecule has 0 bridgehead atoms. The Bertz CT molecular complexity index is 680. The molecule has 0 unspecified atom stereocenters. The van der Waals surface area contributed by atoms with Crippen molar-refractivity contribution in [2.75, 3.05) is 32.7 Å². The number of benzene rings is 1. The molecule has 1 aromatic carbocycles. The number of fused-ring (bicyclic) bond motifs is 1. The molecule has 0 aliphatic carbocycles. The molecule has 1 aliphatic heterocycles. The molecule has 0 fully saturated rings. The van der Waals surface area contributed by atoms with Gasteiger partial charge in [-0.1, -0.05) is 12.1 Å². The quantitative estimate of drug-likeness (QED) is 0.502. The Balaban J connectivity index is 1.65. The molecule has 1 heterocycles. The Morgan fingerprint density at radius 3 is 2.07 bits per heavy atom. The van der Waals surface area contributed by atoms with Crippen molar-refractivity contribution in [3.63, 3.8) is 0 Å². The summed E-state index contributed by atoms with van der Waals surface area (Å²) in [5, 5.41) is 5.45. The molecule has 2 N–H and O–H groups in total. The highest BCUT2D eigenvalue weighted by atomic mass is 16.2. The zero-order chi connectivity index (χ0) is 19.8. The van der Waals surface area contributed by atoms with Crippen molar-refractivity contribution in [1.29, 1.82) is 0 Å². The minimum Gasteiger partial charge on any atom is -0.354 e. The van der Waals surface area contributed by atoms with E-state index >= 15 is 0 Å². The predicted molar refractivity (Wildman–Crippen MR) is 100 cm³/mol. The molecule has 0 atom stereocenters. The van der Waals surface area contributed by atoms with E-state index in [0.717, 1.165) is 0 Å². The van der Waals surface area contributed by atoms with Crippen LogP contribution in [0.4, 0.5) is 4.79 Å². The maximum Gasteiger partial charge on any atom is 0.317 e. The topological polar surface area (TPSA) is 98.8 Å². The van der Waals surface area contributed by atoms with Gasteiger partial charge in [-0.05, 0) is 32.4 Å². The number of hydrogen-bond acceptors (Lipinski definition) is 4. The van der Waals surface area contributed by atoms with Crippen molar-refractivity contribution in [3.8, 4) is 0 Å². The van der Waals surface area contributed by atoms with E-state index in [1.54, 1.807) is 29.2 Å². The molecule has 1 aromatic rings. The number of nitrogens with one attached hydrogen (secondary N) is 2. The Labute approximate surface area is 158 Å². The van der Waals surface area contributed by atoms with E-state index < -0.39 is 0 Å². The number of imide groups is 1. The third-order valence-electron chi connectivity index (χ3n) is 4.44. The molecular weight excluding hydrogens is 348 g/mol. The molecule has 0 spiro atoms. The summed E-state index contributed by atoms with van der Waals surface area (Å²) >= 11 is 0. The summed E-state index contributed by atoms with van der Waals surface area (Å²) in [6.07, 6.45) is 0.598. The van der Waals surface area contributed by atoms with Gasteiger partial charge in [0, 0.05) is 39.1 Å². The summed E-state index contributed by atoms with van der Waals surface area (Å²) in [5.41, 5.74) is 0.826. The summed E-state index contributed by atoms with van der Waals surface area (Å²) in [6.45, 7) is 5.95. The summed E-state index contributed by atoms with van der Waals surface area (Å²) in [6, 6.07) is 6.56. The number of carbonyl (C=O) groups excluding carboxylic acids is 4. The molecule has 0 aromatic heterocycles. The third-order valence-corrected chi connectivity index (χ3v) is 4.44. The molecular formula is C19H26N4O4. The molecule has 146 valence electrons. The van der Waals surface area contributed by atoms with Gasteiger partial charge in [0.25, 0.3) is 11.8 Å². The van der Waals surface area contributed by atoms with Crippen LogP contribution in [0.1, 0.15) is 47.4 Å². The van der Waals surface area contributed by atoms with Crippen molar-refractivity contribution >= 4 is 23.8 Å². The van der Waals surface area contributed by atoms with Crippen molar-refractivity contribution < 1.29 is 19.2 Å². The van der Waals surface area contributed by atoms with Gasteiger partial charge in [0.05, 0.1) is 11.1 Å². The molecule has 0 saturated carbocycles. The predicted octanol–water partition coefficient (Wildman–Crippen LogP) is 1.23. The fourth-order valence-electron chi connectivity index (χ4n) is 2.92. The van der Waals surface area contributed by atoms with Gasteiger partial charge in [-0.15, -0.1) is 0 Å². The van der Waals surface area contributed by atoms with Crippen LogP contribution in [0, 0.1) is 0 Å². The van der Waals surface area contributed by atoms with Gasteiger partial charge >= 0.3 is 6.03 Å². The average molecular weight is 374 g/mol. The smallest absolute Gasteiger partial charge is 0.317 e. The lowest BCUT2D eigenvalue weighted by Gasteiger charge is -2.19. The molecule has 1 aliphatic rings. The van der Waals surface area contributed by atoms with E-state index in [1.165, 1.54) is 4.90 Å². The van der Waals surface area contributed by atoms with Crippen LogP contribution in [-0.2, 0) is 4.79 Å². The fourth-order valence-corrected chi connectivity index (χ4v) is 2.92. The summed E-state index contributed by atoms with van der Waals surface area (Å²) < 4.78 is 0. The highest BCUT2D eigenvalue weighted by Crippen LogP contribution is 2.22. The zero-order valence-corrected chi connectivity index (χ0v) is 15.8. The van der Waals surface area contributed by atoms with Crippen molar-refractivity contribution in [2.24, 2.45) is 0 Å². The Morgan fingerprint density at radius 1 is 0.963 bits per heavy atom. The normalized spacial score (nSPS) is 12.7. The summed E-state index contributed by atoms with van der Waals surface area (Å²) in [7, 11) is 0. The Kier molecular flexibility index (Phi) is 7.34. The number of carbonyl (C=O) groups is 4. The highest BCUT2D eigenvalue weighted by Gasteiger charge is 2.34. The lowest BCUT2D eigenvalue weighted by molar-refractivity contribution is -0.121. The maximum absolute atomic E-state index is 12.2. The number of amides is 5. The Morgan fingerprint density at radius 2 is 1.52 bits per heavy atom. The van der Waals surface area contributed by atoms with E-state index in [0.29, 0.717) is 43.7 Å². The number of nitrogens with zero attached hydrogens (tertiary/aromatic N) is 2. The minimum absolute atomic E-state index is 0.153. The van der Waals surface area contributed by atoms with Crippen molar-refractivity contribution in [1.82, 2.24) is 20.4 Å². The molecule has 2 rings (SSSR count). The van der Waals surface area contributed by atoms with Gasteiger partial charge in [-0.2, -0.15) is 0 Å². The molecule has 8 heteroatoms. The molecule has 27 heavy (non-hydrogen) atoms. The van der Waals surface area contributed by atoms with Gasteiger partial charge in [-0.3, -0.25) is 19.3 Å². The van der Waals surface area contributed by atoms with Crippen LogP contribution in [0.2, 0.25) is 0 Å². The van der Waals surface area contributed by atoms with Crippen LogP contribution in [0.3, 0.4) is 0 Å². The van der Waals surface area contributed by atoms with Crippen LogP contribution in [0.5, 0.6) is 0 Å². The van der Waals surface area contributed by atoms with Gasteiger partial charge in [0.15, 0.2) is 0 Å². The lowest BCUT2D eigenvalue weighted by Crippen LogP contribution is -2.42. The number of urea groups is 1. The Hall–Kier alpha value is -2.90. The van der Waals surface area contributed by atoms with Crippen LogP contribution in [0.15, 0.2) is 24.3 Å². The standard InChI is InChI=1S/C19H26N4O4/c1-3-22(4-2)19(27)21-12-11-20-16(24)10-7-13-23-17(25)14-8-5-6-9-15(14)18(23)26/h5-6,8-9H,3-4,7,10-13H2,1-2H3,(H,20,24)(H,21,27). The highest BCUT2D eigenvalue weighted by molar-refractivity contribution is 6.21. The van der Waals surface area contributed by atoms with E-state index in [-0.39, 0.29) is 36.7 Å². The molecule has 5 amide bonds. The van der Waals surface area contributed by atoms with Crippen molar-refractivity contribution in [2.45, 2.75) is 26.7 Å².